The molecule has 0 aliphatic rings. The largest absolute Gasteiger partial charge is 0.273 e. The van der Waals surface area contributed by atoms with Gasteiger partial charge in [0, 0.05) is 12.0 Å². The van der Waals surface area contributed by atoms with E-state index in [2.05, 4.69) is 47.8 Å². The van der Waals surface area contributed by atoms with Crippen molar-refractivity contribution < 1.29 is 4.79 Å². The number of benzene rings is 3. The van der Waals surface area contributed by atoms with Crippen LogP contribution in [0.15, 0.2) is 59.7 Å². The van der Waals surface area contributed by atoms with E-state index in [1.54, 1.807) is 6.21 Å². The van der Waals surface area contributed by atoms with Crippen molar-refractivity contribution in [1.29, 1.82) is 0 Å². The van der Waals surface area contributed by atoms with E-state index in [0.717, 1.165) is 29.2 Å². The van der Waals surface area contributed by atoms with Crippen LogP contribution in [0, 0.1) is 0 Å². The summed E-state index contributed by atoms with van der Waals surface area (Å²) in [6.45, 7) is 2.19. The van der Waals surface area contributed by atoms with Gasteiger partial charge in [-0.3, -0.25) is 4.79 Å². The highest BCUT2D eigenvalue weighted by Crippen LogP contribution is 2.27. The SMILES string of the molecule is CCCCCCCC(=O)N/N=C\c1c2ccccc2cc2ccccc12. The maximum absolute atomic E-state index is 12.0. The van der Waals surface area contributed by atoms with Gasteiger partial charge in [-0.25, -0.2) is 5.43 Å². The van der Waals surface area contributed by atoms with Crippen LogP contribution in [0.2, 0.25) is 0 Å². The Kier molecular flexibility index (Phi) is 6.37. The zero-order chi connectivity index (χ0) is 18.2. The summed E-state index contributed by atoms with van der Waals surface area (Å²) in [6.07, 6.45) is 8.02. The van der Waals surface area contributed by atoms with Crippen molar-refractivity contribution >= 4 is 33.7 Å². The van der Waals surface area contributed by atoms with E-state index in [1.165, 1.54) is 30.0 Å². The van der Waals surface area contributed by atoms with Gasteiger partial charge in [-0.15, -0.1) is 0 Å². The molecular weight excluding hydrogens is 320 g/mol. The summed E-state index contributed by atoms with van der Waals surface area (Å²) in [5.74, 6) is -0.0118. The van der Waals surface area contributed by atoms with Crippen LogP contribution >= 0.6 is 0 Å². The summed E-state index contributed by atoms with van der Waals surface area (Å²) >= 11 is 0. The van der Waals surface area contributed by atoms with Crippen LogP contribution in [-0.2, 0) is 4.79 Å². The highest BCUT2D eigenvalue weighted by atomic mass is 16.2. The number of carbonyl (C=O) groups is 1. The van der Waals surface area contributed by atoms with Crippen LogP contribution < -0.4 is 5.43 Å². The molecule has 3 nitrogen and oxygen atoms in total. The number of carbonyl (C=O) groups excluding carboxylic acids is 1. The average molecular weight is 346 g/mol. The fourth-order valence-corrected chi connectivity index (χ4v) is 3.30. The second-order valence-corrected chi connectivity index (χ2v) is 6.69. The van der Waals surface area contributed by atoms with Crippen LogP contribution in [0.4, 0.5) is 0 Å². The Morgan fingerprint density at radius 2 is 1.54 bits per heavy atom. The predicted octanol–water partition coefficient (Wildman–Crippen LogP) is 5.80. The summed E-state index contributed by atoms with van der Waals surface area (Å²) in [5.41, 5.74) is 3.73. The zero-order valence-electron chi connectivity index (χ0n) is 15.4. The molecule has 0 spiro atoms. The summed E-state index contributed by atoms with van der Waals surface area (Å²) in [6, 6.07) is 18.7. The number of hydrogen-bond acceptors (Lipinski definition) is 2. The first kappa shape index (κ1) is 18.1. The van der Waals surface area contributed by atoms with Gasteiger partial charge in [0.1, 0.15) is 0 Å². The molecule has 0 aliphatic carbocycles. The highest BCUT2D eigenvalue weighted by molar-refractivity contribution is 6.13. The van der Waals surface area contributed by atoms with E-state index >= 15 is 0 Å². The molecule has 0 heterocycles. The lowest BCUT2D eigenvalue weighted by molar-refractivity contribution is -0.121. The van der Waals surface area contributed by atoms with Gasteiger partial charge in [-0.1, -0.05) is 81.1 Å². The molecule has 0 aliphatic heterocycles. The van der Waals surface area contributed by atoms with Crippen molar-refractivity contribution in [3.63, 3.8) is 0 Å². The number of hydrazone groups is 1. The number of amides is 1. The number of fused-ring (bicyclic) bond motifs is 2. The second-order valence-electron chi connectivity index (χ2n) is 6.69. The summed E-state index contributed by atoms with van der Waals surface area (Å²) in [7, 11) is 0. The Bertz CT molecular complexity index is 860. The predicted molar refractivity (Wildman–Crippen MR) is 111 cm³/mol. The molecule has 0 fully saturated rings. The Hall–Kier alpha value is -2.68. The van der Waals surface area contributed by atoms with E-state index in [-0.39, 0.29) is 5.91 Å². The molecule has 1 N–H and O–H groups in total. The zero-order valence-corrected chi connectivity index (χ0v) is 15.4. The van der Waals surface area contributed by atoms with Gasteiger partial charge in [0.05, 0.1) is 6.21 Å². The van der Waals surface area contributed by atoms with Crippen molar-refractivity contribution in [2.45, 2.75) is 45.4 Å². The quantitative estimate of drug-likeness (QED) is 0.238. The van der Waals surface area contributed by atoms with Crippen molar-refractivity contribution in [2.75, 3.05) is 0 Å². The molecule has 0 saturated carbocycles. The molecule has 1 amide bonds. The summed E-state index contributed by atoms with van der Waals surface area (Å²) < 4.78 is 0. The van der Waals surface area contributed by atoms with E-state index in [9.17, 15) is 4.79 Å². The van der Waals surface area contributed by atoms with Crippen LogP contribution in [0.1, 0.15) is 51.0 Å². The first-order valence-electron chi connectivity index (χ1n) is 9.52. The Labute approximate surface area is 155 Å². The van der Waals surface area contributed by atoms with E-state index in [4.69, 9.17) is 0 Å². The first-order chi connectivity index (χ1) is 12.8. The number of nitrogens with one attached hydrogen (secondary N) is 1. The lowest BCUT2D eigenvalue weighted by Crippen LogP contribution is -2.16. The van der Waals surface area contributed by atoms with Crippen LogP contribution in [-0.4, -0.2) is 12.1 Å². The van der Waals surface area contributed by atoms with E-state index in [1.807, 2.05) is 24.3 Å². The molecule has 26 heavy (non-hydrogen) atoms. The van der Waals surface area contributed by atoms with Crippen molar-refractivity contribution in [3.05, 3.63) is 60.2 Å². The Balaban J connectivity index is 1.73. The minimum atomic E-state index is -0.0118. The molecule has 3 aromatic carbocycles. The van der Waals surface area contributed by atoms with Gasteiger partial charge in [0.2, 0.25) is 5.91 Å². The molecule has 0 bridgehead atoms. The van der Waals surface area contributed by atoms with E-state index < -0.39 is 0 Å². The standard InChI is InChI=1S/C23H26N2O/c1-2-3-4-5-6-15-23(26)25-24-17-22-20-13-9-7-11-18(20)16-19-12-8-10-14-21(19)22/h7-14,16-17H,2-6,15H2,1H3,(H,25,26)/b24-17-. The summed E-state index contributed by atoms with van der Waals surface area (Å²) in [5, 5.41) is 8.87. The lowest BCUT2D eigenvalue weighted by Gasteiger charge is -2.08. The molecule has 0 radical (unpaired) electrons. The Morgan fingerprint density at radius 3 is 2.19 bits per heavy atom. The first-order valence-corrected chi connectivity index (χ1v) is 9.52. The molecule has 134 valence electrons. The van der Waals surface area contributed by atoms with Crippen molar-refractivity contribution in [1.82, 2.24) is 5.43 Å². The molecule has 0 unspecified atom stereocenters. The Morgan fingerprint density at radius 1 is 0.923 bits per heavy atom. The van der Waals surface area contributed by atoms with Gasteiger partial charge in [-0.05, 0) is 34.0 Å². The third kappa shape index (κ3) is 4.48. The third-order valence-electron chi connectivity index (χ3n) is 4.70. The number of hydrogen-bond donors (Lipinski definition) is 1. The normalized spacial score (nSPS) is 11.4. The van der Waals surface area contributed by atoms with Gasteiger partial charge in [0.25, 0.3) is 0 Å². The molecule has 0 saturated heterocycles. The fourth-order valence-electron chi connectivity index (χ4n) is 3.30. The van der Waals surface area contributed by atoms with Gasteiger partial charge in [-0.2, -0.15) is 5.10 Å². The van der Waals surface area contributed by atoms with Crippen LogP contribution in [0.3, 0.4) is 0 Å². The molecule has 0 aromatic heterocycles. The maximum atomic E-state index is 12.0. The molecule has 3 aromatic rings. The minimum Gasteiger partial charge on any atom is -0.273 e. The monoisotopic (exact) mass is 346 g/mol. The smallest absolute Gasteiger partial charge is 0.240 e. The molecule has 3 rings (SSSR count). The van der Waals surface area contributed by atoms with Gasteiger partial charge >= 0.3 is 0 Å². The van der Waals surface area contributed by atoms with Crippen molar-refractivity contribution in [3.8, 4) is 0 Å². The second kappa shape index (κ2) is 9.14. The summed E-state index contributed by atoms with van der Waals surface area (Å²) in [4.78, 5) is 12.0. The molecule has 0 atom stereocenters. The van der Waals surface area contributed by atoms with Crippen LogP contribution in [0.5, 0.6) is 0 Å². The number of unbranched alkanes of at least 4 members (excludes halogenated alkanes) is 4. The number of rotatable bonds is 8. The van der Waals surface area contributed by atoms with Crippen LogP contribution in [0.25, 0.3) is 21.5 Å². The van der Waals surface area contributed by atoms with E-state index in [0.29, 0.717) is 6.42 Å². The van der Waals surface area contributed by atoms with Gasteiger partial charge < -0.3 is 0 Å². The fraction of sp³-hybridized carbons (Fsp3) is 0.304. The maximum Gasteiger partial charge on any atom is 0.240 e. The number of nitrogens with zero attached hydrogens (tertiary/aromatic N) is 1. The highest BCUT2D eigenvalue weighted by Gasteiger charge is 2.05. The lowest BCUT2D eigenvalue weighted by atomic mass is 9.97. The third-order valence-corrected chi connectivity index (χ3v) is 4.70. The minimum absolute atomic E-state index is 0.0118. The molecule has 3 heteroatoms. The van der Waals surface area contributed by atoms with Gasteiger partial charge in [0.15, 0.2) is 0 Å². The van der Waals surface area contributed by atoms with Crippen molar-refractivity contribution in [2.24, 2.45) is 5.10 Å². The molecular formula is C23H26N2O. The average Bonchev–Trinajstić information content (AvgIpc) is 2.67. The topological polar surface area (TPSA) is 41.5 Å².